The van der Waals surface area contributed by atoms with E-state index in [9.17, 15) is 0 Å². The Balaban J connectivity index is 0.943. The third-order valence-electron chi connectivity index (χ3n) is 12.5. The van der Waals surface area contributed by atoms with Gasteiger partial charge in [0.1, 0.15) is 11.0 Å². The first-order chi connectivity index (χ1) is 29.9. The molecule has 0 spiro atoms. The Morgan fingerprint density at radius 3 is 1.44 bits per heavy atom. The Hall–Kier alpha value is -7.82. The van der Waals surface area contributed by atoms with Gasteiger partial charge >= 0.3 is 0 Å². The lowest BCUT2D eigenvalue weighted by Gasteiger charge is -2.23. The summed E-state index contributed by atoms with van der Waals surface area (Å²) in [5.41, 5.74) is 19.6. The van der Waals surface area contributed by atoms with E-state index in [-0.39, 0.29) is 5.41 Å². The minimum Gasteiger partial charge on any atom is -0.436 e. The molecule has 4 heteroatoms. The average Bonchev–Trinajstić information content (AvgIpc) is 4.02. The molecule has 0 bridgehead atoms. The number of nitrogens with zero attached hydrogens (tertiary/aromatic N) is 2. The molecular formula is C57H38N2O2. The molecule has 0 aliphatic heterocycles. The van der Waals surface area contributed by atoms with E-state index >= 15 is 0 Å². The summed E-state index contributed by atoms with van der Waals surface area (Å²) in [6.45, 7) is 4.73. The summed E-state index contributed by atoms with van der Waals surface area (Å²) >= 11 is 0. The number of aromatic nitrogens is 2. The summed E-state index contributed by atoms with van der Waals surface area (Å²) in [6.07, 6.45) is 0. The average molecular weight is 783 g/mol. The van der Waals surface area contributed by atoms with E-state index in [0.29, 0.717) is 11.8 Å². The summed E-state index contributed by atoms with van der Waals surface area (Å²) < 4.78 is 12.2. The highest BCUT2D eigenvalue weighted by Gasteiger charge is 2.37. The Kier molecular flexibility index (Phi) is 7.85. The van der Waals surface area contributed by atoms with Crippen LogP contribution in [-0.4, -0.2) is 9.97 Å². The fourth-order valence-corrected chi connectivity index (χ4v) is 9.40. The van der Waals surface area contributed by atoms with Crippen molar-refractivity contribution < 1.29 is 8.83 Å². The number of hydrogen-bond donors (Lipinski definition) is 0. The van der Waals surface area contributed by atoms with Crippen LogP contribution in [-0.2, 0) is 5.41 Å². The molecule has 61 heavy (non-hydrogen) atoms. The van der Waals surface area contributed by atoms with E-state index in [0.717, 1.165) is 66.7 Å². The summed E-state index contributed by atoms with van der Waals surface area (Å²) in [5.74, 6) is 1.23. The predicted octanol–water partition coefficient (Wildman–Crippen LogP) is 15.4. The molecule has 0 saturated heterocycles. The van der Waals surface area contributed by atoms with Gasteiger partial charge in [-0.25, -0.2) is 9.97 Å². The van der Waals surface area contributed by atoms with Gasteiger partial charge in [-0.15, -0.1) is 0 Å². The van der Waals surface area contributed by atoms with Crippen LogP contribution in [0, 0.1) is 0 Å². The summed E-state index contributed by atoms with van der Waals surface area (Å²) in [6, 6.07) is 69.0. The lowest BCUT2D eigenvalue weighted by Crippen LogP contribution is -2.15. The van der Waals surface area contributed by atoms with Crippen LogP contribution >= 0.6 is 0 Å². The number of fused-ring (bicyclic) bond motifs is 7. The largest absolute Gasteiger partial charge is 0.436 e. The molecule has 0 atom stereocenters. The first-order valence-electron chi connectivity index (χ1n) is 20.8. The van der Waals surface area contributed by atoms with Crippen LogP contribution in [0.4, 0.5) is 0 Å². The van der Waals surface area contributed by atoms with Crippen molar-refractivity contribution in [3.8, 4) is 78.5 Å². The van der Waals surface area contributed by atoms with Gasteiger partial charge in [0.25, 0.3) is 0 Å². The molecule has 12 rings (SSSR count). The predicted molar refractivity (Wildman–Crippen MR) is 249 cm³/mol. The smallest absolute Gasteiger partial charge is 0.227 e. The molecule has 0 unspecified atom stereocenters. The van der Waals surface area contributed by atoms with Crippen LogP contribution in [0.2, 0.25) is 0 Å². The van der Waals surface area contributed by atoms with E-state index in [1.807, 2.05) is 48.5 Å². The molecule has 0 fully saturated rings. The fourth-order valence-electron chi connectivity index (χ4n) is 9.40. The Morgan fingerprint density at radius 2 is 0.836 bits per heavy atom. The van der Waals surface area contributed by atoms with E-state index in [1.54, 1.807) is 0 Å². The molecular weight excluding hydrogens is 745 g/mol. The molecule has 0 saturated carbocycles. The number of hydrogen-bond acceptors (Lipinski definition) is 4. The second-order valence-corrected chi connectivity index (χ2v) is 16.6. The van der Waals surface area contributed by atoms with Crippen molar-refractivity contribution in [2.45, 2.75) is 19.3 Å². The quantitative estimate of drug-likeness (QED) is 0.169. The highest BCUT2D eigenvalue weighted by molar-refractivity contribution is 5.98. The molecule has 2 aromatic heterocycles. The second kappa shape index (κ2) is 13.6. The molecule has 0 amide bonds. The first kappa shape index (κ1) is 35.2. The van der Waals surface area contributed by atoms with Crippen molar-refractivity contribution in [3.63, 3.8) is 0 Å². The highest BCUT2D eigenvalue weighted by atomic mass is 16.4. The summed E-state index contributed by atoms with van der Waals surface area (Å²) in [4.78, 5) is 9.48. The van der Waals surface area contributed by atoms with Crippen LogP contribution in [0.5, 0.6) is 0 Å². The van der Waals surface area contributed by atoms with Gasteiger partial charge in [0.15, 0.2) is 11.2 Å². The van der Waals surface area contributed by atoms with Crippen molar-refractivity contribution in [2.75, 3.05) is 0 Å². The minimum atomic E-state index is -0.0930. The van der Waals surface area contributed by atoms with E-state index in [2.05, 4.69) is 159 Å². The second-order valence-electron chi connectivity index (χ2n) is 16.6. The van der Waals surface area contributed by atoms with Gasteiger partial charge in [0.05, 0.1) is 0 Å². The van der Waals surface area contributed by atoms with Crippen molar-refractivity contribution in [3.05, 3.63) is 205 Å². The molecule has 1 aliphatic carbocycles. The van der Waals surface area contributed by atoms with Crippen molar-refractivity contribution in [2.24, 2.45) is 0 Å². The van der Waals surface area contributed by atoms with Gasteiger partial charge in [-0.1, -0.05) is 129 Å². The summed E-state index contributed by atoms with van der Waals surface area (Å²) in [5, 5.41) is 2.62. The Labute approximate surface area is 353 Å². The Bertz CT molecular complexity index is 3300. The third-order valence-corrected chi connectivity index (χ3v) is 12.5. The molecule has 288 valence electrons. The van der Waals surface area contributed by atoms with Gasteiger partial charge in [-0.05, 0) is 156 Å². The molecule has 0 radical (unpaired) electrons. The van der Waals surface area contributed by atoms with Gasteiger partial charge < -0.3 is 8.83 Å². The van der Waals surface area contributed by atoms with Crippen molar-refractivity contribution in [1.29, 1.82) is 0 Å². The van der Waals surface area contributed by atoms with E-state index in [1.165, 1.54) is 44.2 Å². The van der Waals surface area contributed by atoms with Gasteiger partial charge in [-0.2, -0.15) is 0 Å². The lowest BCUT2D eigenvalue weighted by molar-refractivity contribution is 0.619. The SMILES string of the molecule is CC1(C)c2ccc(-c3cccc(-c4cc(-c5ccc(-c6nc7ccccc7o6)cc5)cc(-c5ccc(-c6nc7ccccc7o6)cc5)c4)c3)cc2-c2ccc3ccccc3c21. The minimum absolute atomic E-state index is 0.0930. The third kappa shape index (κ3) is 5.90. The van der Waals surface area contributed by atoms with Crippen molar-refractivity contribution in [1.82, 2.24) is 9.97 Å². The normalized spacial score (nSPS) is 12.9. The monoisotopic (exact) mass is 782 g/mol. The van der Waals surface area contributed by atoms with Crippen LogP contribution < -0.4 is 0 Å². The maximum Gasteiger partial charge on any atom is 0.227 e. The van der Waals surface area contributed by atoms with Crippen LogP contribution in [0.25, 0.3) is 112 Å². The topological polar surface area (TPSA) is 52.1 Å². The van der Waals surface area contributed by atoms with Gasteiger partial charge in [-0.3, -0.25) is 0 Å². The molecule has 0 N–H and O–H groups in total. The number of rotatable bonds is 6. The molecule has 9 aromatic carbocycles. The number of benzene rings is 9. The van der Waals surface area contributed by atoms with Crippen molar-refractivity contribution >= 4 is 33.0 Å². The van der Waals surface area contributed by atoms with Crippen LogP contribution in [0.3, 0.4) is 0 Å². The molecule has 1 aliphatic rings. The number of para-hydroxylation sites is 4. The lowest BCUT2D eigenvalue weighted by atomic mass is 9.80. The molecule has 11 aromatic rings. The highest BCUT2D eigenvalue weighted by Crippen LogP contribution is 2.52. The molecule has 4 nitrogen and oxygen atoms in total. The maximum absolute atomic E-state index is 6.11. The van der Waals surface area contributed by atoms with Gasteiger partial charge in [0.2, 0.25) is 11.8 Å². The number of oxazole rings is 2. The standard InChI is InChI=1S/C57H38N2O2/c1-57(2)49-29-27-42(34-48(49)47-28-26-37-10-3-4-13-46(37)54(47)57)40-11-9-12-41(30-40)45-32-43(35-18-22-38(23-19-35)55-58-50-14-5-7-16-52(50)60-55)31-44(33-45)36-20-24-39(25-21-36)56-59-51-15-6-8-17-53(51)61-56/h3-34H,1-2H3. The van der Waals surface area contributed by atoms with Crippen LogP contribution in [0.15, 0.2) is 203 Å². The van der Waals surface area contributed by atoms with Crippen LogP contribution in [0.1, 0.15) is 25.0 Å². The fraction of sp³-hybridized carbons (Fsp3) is 0.0526. The van der Waals surface area contributed by atoms with E-state index < -0.39 is 0 Å². The maximum atomic E-state index is 6.11. The Morgan fingerprint density at radius 1 is 0.361 bits per heavy atom. The molecule has 2 heterocycles. The van der Waals surface area contributed by atoms with E-state index in [4.69, 9.17) is 18.8 Å². The summed E-state index contributed by atoms with van der Waals surface area (Å²) in [7, 11) is 0. The zero-order valence-electron chi connectivity index (χ0n) is 33.7. The zero-order valence-corrected chi connectivity index (χ0v) is 33.7. The first-order valence-corrected chi connectivity index (χ1v) is 20.8. The zero-order chi connectivity index (χ0) is 40.7. The van der Waals surface area contributed by atoms with Gasteiger partial charge in [0, 0.05) is 16.5 Å².